The number of nitrogens with one attached hydrogen (secondary N) is 1. The molecule has 0 saturated carbocycles. The van der Waals surface area contributed by atoms with Crippen molar-refractivity contribution in [1.29, 1.82) is 0 Å². The first-order valence-electron chi connectivity index (χ1n) is 35.4. The average molecular weight is 1190 g/mol. The fourth-order valence-electron chi connectivity index (χ4n) is 10.7. The zero-order valence-electron chi connectivity index (χ0n) is 54.7. The third-order valence-corrected chi connectivity index (χ3v) is 16.3. The standard InChI is InChI=1S/C74H131NO10/c1-4-7-10-13-16-19-22-24-26-28-30-31-32-33-34-35-36-37-38-40-42-44-47-50-53-56-59-62-69(79)85-72-71(81)70(80)68(63-76)84-74(72)83-64-65(66(77)60-57-54-51-48-45-21-18-15-12-9-6-3)75-73(82)67(78)61-58-55-52-49-46-43-41-39-29-27-25-23-20-17-14-11-8-5-2/h16-17,19-20,24-27,39,41,46,49,57,60,65-68,70-72,74,76-78,80-81H,4-15,18,21-23,28-38,40,42-45,47-48,50-56,58-59,61-64H2,1-3H3,(H,75,82)/b19-16-,20-17-,26-24-,27-25-,41-39-,49-46-,60-57+. The Morgan fingerprint density at radius 3 is 1.24 bits per heavy atom. The van der Waals surface area contributed by atoms with Gasteiger partial charge >= 0.3 is 5.97 Å². The highest BCUT2D eigenvalue weighted by molar-refractivity contribution is 5.80. The van der Waals surface area contributed by atoms with E-state index in [9.17, 15) is 35.1 Å². The molecule has 1 aliphatic rings. The van der Waals surface area contributed by atoms with Crippen LogP contribution in [0.2, 0.25) is 0 Å². The summed E-state index contributed by atoms with van der Waals surface area (Å²) >= 11 is 0. The second-order valence-electron chi connectivity index (χ2n) is 24.3. The van der Waals surface area contributed by atoms with Crippen LogP contribution in [-0.4, -0.2) is 99.6 Å². The molecule has 0 aliphatic carbocycles. The predicted octanol–water partition coefficient (Wildman–Crippen LogP) is 18.1. The summed E-state index contributed by atoms with van der Waals surface area (Å²) in [6.45, 7) is 5.73. The summed E-state index contributed by atoms with van der Waals surface area (Å²) in [5, 5.41) is 57.1. The van der Waals surface area contributed by atoms with Crippen LogP contribution in [0.1, 0.15) is 310 Å². The van der Waals surface area contributed by atoms with Crippen molar-refractivity contribution in [2.24, 2.45) is 0 Å². The van der Waals surface area contributed by atoms with Crippen LogP contribution in [0.25, 0.3) is 0 Å². The van der Waals surface area contributed by atoms with Gasteiger partial charge in [0.05, 0.1) is 25.4 Å². The molecule has 8 unspecified atom stereocenters. The molecular formula is C74H131NO10. The fraction of sp³-hybridized carbons (Fsp3) is 0.784. The number of aliphatic hydroxyl groups is 5. The summed E-state index contributed by atoms with van der Waals surface area (Å²) in [4.78, 5) is 26.6. The number of rotatable bonds is 60. The van der Waals surface area contributed by atoms with Gasteiger partial charge in [-0.2, -0.15) is 0 Å². The van der Waals surface area contributed by atoms with Gasteiger partial charge in [-0.1, -0.05) is 286 Å². The van der Waals surface area contributed by atoms with E-state index in [0.29, 0.717) is 12.8 Å². The van der Waals surface area contributed by atoms with Gasteiger partial charge in [0.25, 0.3) is 0 Å². The Morgan fingerprint density at radius 2 is 0.812 bits per heavy atom. The van der Waals surface area contributed by atoms with Crippen molar-refractivity contribution in [3.05, 3.63) is 85.1 Å². The molecule has 0 aromatic heterocycles. The predicted molar refractivity (Wildman–Crippen MR) is 356 cm³/mol. The number of hydrogen-bond acceptors (Lipinski definition) is 10. The smallest absolute Gasteiger partial charge is 0.306 e. The molecule has 492 valence electrons. The lowest BCUT2D eigenvalue weighted by Gasteiger charge is -2.41. The van der Waals surface area contributed by atoms with Crippen LogP contribution in [0.3, 0.4) is 0 Å². The summed E-state index contributed by atoms with van der Waals surface area (Å²) in [6, 6.07) is -1.04. The maximum atomic E-state index is 13.4. The van der Waals surface area contributed by atoms with Crippen LogP contribution in [0, 0.1) is 0 Å². The minimum absolute atomic E-state index is 0.118. The minimum atomic E-state index is -1.62. The van der Waals surface area contributed by atoms with E-state index in [0.717, 1.165) is 89.9 Å². The minimum Gasteiger partial charge on any atom is -0.454 e. The molecule has 85 heavy (non-hydrogen) atoms. The van der Waals surface area contributed by atoms with Crippen LogP contribution in [0.5, 0.6) is 0 Å². The van der Waals surface area contributed by atoms with Crippen LogP contribution in [0.15, 0.2) is 85.1 Å². The first kappa shape index (κ1) is 79.9. The second-order valence-corrected chi connectivity index (χ2v) is 24.3. The number of hydrogen-bond donors (Lipinski definition) is 6. The number of allylic oxidation sites excluding steroid dienone is 13. The second kappa shape index (κ2) is 61.1. The number of ether oxygens (including phenoxy) is 3. The third-order valence-electron chi connectivity index (χ3n) is 16.3. The molecule has 8 atom stereocenters. The lowest BCUT2D eigenvalue weighted by Crippen LogP contribution is -2.61. The highest BCUT2D eigenvalue weighted by Gasteiger charge is 2.47. The molecule has 6 N–H and O–H groups in total. The topological polar surface area (TPSA) is 175 Å². The van der Waals surface area contributed by atoms with E-state index in [1.54, 1.807) is 6.08 Å². The van der Waals surface area contributed by atoms with E-state index >= 15 is 0 Å². The van der Waals surface area contributed by atoms with Crippen LogP contribution >= 0.6 is 0 Å². The zero-order chi connectivity index (χ0) is 61.7. The van der Waals surface area contributed by atoms with Crippen molar-refractivity contribution in [2.75, 3.05) is 13.2 Å². The zero-order valence-corrected chi connectivity index (χ0v) is 54.7. The van der Waals surface area contributed by atoms with E-state index in [1.807, 2.05) is 6.08 Å². The van der Waals surface area contributed by atoms with Gasteiger partial charge < -0.3 is 45.1 Å². The molecule has 1 heterocycles. The lowest BCUT2D eigenvalue weighted by atomic mass is 9.99. The third kappa shape index (κ3) is 48.4. The van der Waals surface area contributed by atoms with Crippen molar-refractivity contribution in [2.45, 2.75) is 359 Å². The van der Waals surface area contributed by atoms with Gasteiger partial charge in [-0.3, -0.25) is 9.59 Å². The molecule has 1 aliphatic heterocycles. The van der Waals surface area contributed by atoms with Gasteiger partial charge in [0.1, 0.15) is 24.4 Å². The molecule has 0 aromatic rings. The first-order chi connectivity index (χ1) is 41.7. The summed E-state index contributed by atoms with van der Waals surface area (Å²) < 4.78 is 17.7. The quantitative estimate of drug-likeness (QED) is 0.0195. The number of aliphatic hydroxyl groups excluding tert-OH is 5. The summed E-state index contributed by atoms with van der Waals surface area (Å²) in [7, 11) is 0. The summed E-state index contributed by atoms with van der Waals surface area (Å²) in [5.74, 6) is -1.22. The number of unbranched alkanes of at least 4 members (excludes halogenated alkanes) is 34. The lowest BCUT2D eigenvalue weighted by molar-refractivity contribution is -0.305. The fourth-order valence-corrected chi connectivity index (χ4v) is 10.7. The van der Waals surface area contributed by atoms with E-state index in [2.05, 4.69) is 99.0 Å². The summed E-state index contributed by atoms with van der Waals surface area (Å²) in [5.41, 5.74) is 0. The Labute approximate surface area is 521 Å². The Morgan fingerprint density at radius 1 is 0.459 bits per heavy atom. The number of esters is 1. The van der Waals surface area contributed by atoms with E-state index < -0.39 is 67.4 Å². The van der Waals surface area contributed by atoms with Crippen molar-refractivity contribution >= 4 is 11.9 Å². The number of carbonyl (C=O) groups excluding carboxylic acids is 2. The molecule has 1 rings (SSSR count). The number of amides is 1. The van der Waals surface area contributed by atoms with Crippen molar-refractivity contribution < 1.29 is 49.3 Å². The Balaban J connectivity index is 2.55. The first-order valence-corrected chi connectivity index (χ1v) is 35.4. The van der Waals surface area contributed by atoms with Gasteiger partial charge in [0, 0.05) is 6.42 Å². The molecule has 0 spiro atoms. The van der Waals surface area contributed by atoms with Gasteiger partial charge in [-0.15, -0.1) is 0 Å². The molecule has 11 nitrogen and oxygen atoms in total. The van der Waals surface area contributed by atoms with Crippen LogP contribution in [0.4, 0.5) is 0 Å². The molecule has 11 heteroatoms. The highest BCUT2D eigenvalue weighted by Crippen LogP contribution is 2.26. The van der Waals surface area contributed by atoms with E-state index in [-0.39, 0.29) is 19.4 Å². The van der Waals surface area contributed by atoms with E-state index in [4.69, 9.17) is 14.2 Å². The van der Waals surface area contributed by atoms with Gasteiger partial charge in [-0.25, -0.2) is 0 Å². The number of carbonyl (C=O) groups is 2. The molecule has 0 bridgehead atoms. The molecule has 1 fully saturated rings. The Hall–Kier alpha value is -3.16. The SMILES string of the molecule is CCCCC/C=C\C/C=C\C/C=C\C/C=C\CCCCC(O)C(=O)NC(COC1OC(CO)C(O)C(O)C1OC(=O)CCCCCCCCCCCCCCCCCCC/C=C\C/C=C\CCCCC)C(O)/C=C/CCCCCCCCCCC. The maximum absolute atomic E-state index is 13.4. The largest absolute Gasteiger partial charge is 0.454 e. The monoisotopic (exact) mass is 1190 g/mol. The van der Waals surface area contributed by atoms with Crippen LogP contribution in [-0.2, 0) is 23.8 Å². The maximum Gasteiger partial charge on any atom is 0.306 e. The summed E-state index contributed by atoms with van der Waals surface area (Å²) in [6.07, 6.45) is 70.6. The van der Waals surface area contributed by atoms with Crippen molar-refractivity contribution in [3.8, 4) is 0 Å². The Bertz CT molecular complexity index is 1710. The molecule has 1 amide bonds. The normalized spacial score (nSPS) is 18.9. The van der Waals surface area contributed by atoms with Crippen LogP contribution < -0.4 is 5.32 Å². The van der Waals surface area contributed by atoms with Crippen molar-refractivity contribution in [1.82, 2.24) is 5.32 Å². The van der Waals surface area contributed by atoms with Gasteiger partial charge in [0.2, 0.25) is 5.91 Å². The van der Waals surface area contributed by atoms with E-state index in [1.165, 1.54) is 173 Å². The van der Waals surface area contributed by atoms with Gasteiger partial charge in [-0.05, 0) is 103 Å². The average Bonchev–Trinajstić information content (AvgIpc) is 3.51. The van der Waals surface area contributed by atoms with Crippen molar-refractivity contribution in [3.63, 3.8) is 0 Å². The van der Waals surface area contributed by atoms with Gasteiger partial charge in [0.15, 0.2) is 12.4 Å². The molecule has 0 aromatic carbocycles. The Kier molecular flexibility index (Phi) is 57.4. The molecule has 1 saturated heterocycles. The highest BCUT2D eigenvalue weighted by atomic mass is 16.7. The molecule has 0 radical (unpaired) electrons. The molecular weight excluding hydrogens is 1060 g/mol.